The molecular weight excluding hydrogens is 294 g/mol. The topological polar surface area (TPSA) is 9.23 Å². The highest BCUT2D eigenvalue weighted by atomic mass is 19.1. The molecule has 0 radical (unpaired) electrons. The quantitative estimate of drug-likeness (QED) is 0.241. The molecule has 1 nitrogen and oxygen atoms in total. The average Bonchev–Trinajstić information content (AvgIpc) is 2.54. The molecule has 2 unspecified atom stereocenters. The summed E-state index contributed by atoms with van der Waals surface area (Å²) in [6.07, 6.45) is 13.2. The smallest absolute Gasteiger partial charge is 0.123 e. The molecule has 0 fully saturated rings. The van der Waals surface area contributed by atoms with E-state index >= 15 is 0 Å². The van der Waals surface area contributed by atoms with Crippen LogP contribution in [0.25, 0.3) is 0 Å². The van der Waals surface area contributed by atoms with E-state index in [1.54, 1.807) is 0 Å². The van der Waals surface area contributed by atoms with E-state index in [0.29, 0.717) is 12.8 Å². The van der Waals surface area contributed by atoms with E-state index in [1.807, 2.05) is 0 Å². The van der Waals surface area contributed by atoms with Crippen LogP contribution in [-0.4, -0.2) is 25.6 Å². The highest BCUT2D eigenvalue weighted by Gasteiger charge is 2.10. The number of alkyl halides is 2. The third-order valence-corrected chi connectivity index (χ3v) is 4.34. The lowest BCUT2D eigenvalue weighted by atomic mass is 10.1. The SMILES string of the molecule is CCCCCCCCC(F)COCC(F)CCCCCCCC. The van der Waals surface area contributed by atoms with Crippen LogP contribution in [0.4, 0.5) is 8.78 Å². The highest BCUT2D eigenvalue weighted by Crippen LogP contribution is 2.13. The number of ether oxygens (including phenoxy) is 1. The van der Waals surface area contributed by atoms with Crippen molar-refractivity contribution in [3.8, 4) is 0 Å². The molecule has 0 bridgehead atoms. The molecular formula is C20H40F2O. The number of rotatable bonds is 18. The lowest BCUT2D eigenvalue weighted by molar-refractivity contribution is 0.0394. The van der Waals surface area contributed by atoms with Crippen molar-refractivity contribution in [1.82, 2.24) is 0 Å². The predicted molar refractivity (Wildman–Crippen MR) is 96.6 cm³/mol. The Kier molecular flexibility index (Phi) is 18.0. The third kappa shape index (κ3) is 18.0. The lowest BCUT2D eigenvalue weighted by Crippen LogP contribution is -2.16. The van der Waals surface area contributed by atoms with Gasteiger partial charge in [-0.25, -0.2) is 8.78 Å². The van der Waals surface area contributed by atoms with E-state index < -0.39 is 12.3 Å². The summed E-state index contributed by atoms with van der Waals surface area (Å²) < 4.78 is 32.4. The molecule has 0 aromatic carbocycles. The van der Waals surface area contributed by atoms with Gasteiger partial charge in [0.1, 0.15) is 12.3 Å². The van der Waals surface area contributed by atoms with Crippen LogP contribution in [0.3, 0.4) is 0 Å². The fourth-order valence-electron chi connectivity index (χ4n) is 2.78. The van der Waals surface area contributed by atoms with E-state index in [9.17, 15) is 8.78 Å². The monoisotopic (exact) mass is 334 g/mol. The van der Waals surface area contributed by atoms with Gasteiger partial charge in [-0.15, -0.1) is 0 Å². The molecule has 0 aliphatic heterocycles. The lowest BCUT2D eigenvalue weighted by Gasteiger charge is -2.12. The molecule has 2 atom stereocenters. The molecule has 0 N–H and O–H groups in total. The minimum atomic E-state index is -0.928. The van der Waals surface area contributed by atoms with E-state index in [-0.39, 0.29) is 13.2 Å². The maximum atomic E-state index is 13.6. The normalized spacial score (nSPS) is 14.1. The largest absolute Gasteiger partial charge is 0.375 e. The van der Waals surface area contributed by atoms with Gasteiger partial charge in [0.05, 0.1) is 13.2 Å². The van der Waals surface area contributed by atoms with Gasteiger partial charge in [-0.1, -0.05) is 90.9 Å². The molecule has 140 valence electrons. The zero-order valence-corrected chi connectivity index (χ0v) is 15.6. The number of unbranched alkanes of at least 4 members (excludes halogenated alkanes) is 10. The van der Waals surface area contributed by atoms with Gasteiger partial charge in [0.15, 0.2) is 0 Å². The van der Waals surface area contributed by atoms with Crippen LogP contribution in [-0.2, 0) is 4.74 Å². The first-order valence-corrected chi connectivity index (χ1v) is 10.1. The average molecular weight is 335 g/mol. The van der Waals surface area contributed by atoms with Crippen molar-refractivity contribution in [2.75, 3.05) is 13.2 Å². The Balaban J connectivity index is 3.30. The molecule has 0 aromatic rings. The summed E-state index contributed by atoms with van der Waals surface area (Å²) in [5.41, 5.74) is 0. The summed E-state index contributed by atoms with van der Waals surface area (Å²) in [6, 6.07) is 0. The van der Waals surface area contributed by atoms with Gasteiger partial charge in [0.25, 0.3) is 0 Å². The second-order valence-corrected chi connectivity index (χ2v) is 6.84. The molecule has 0 saturated carbocycles. The van der Waals surface area contributed by atoms with E-state index in [1.165, 1.54) is 51.4 Å². The maximum Gasteiger partial charge on any atom is 0.123 e. The Morgan fingerprint density at radius 1 is 0.565 bits per heavy atom. The van der Waals surface area contributed by atoms with Gasteiger partial charge in [-0.3, -0.25) is 0 Å². The van der Waals surface area contributed by atoms with Crippen molar-refractivity contribution >= 4 is 0 Å². The number of halogens is 2. The number of hydrogen-bond acceptors (Lipinski definition) is 1. The van der Waals surface area contributed by atoms with Gasteiger partial charge in [-0.05, 0) is 12.8 Å². The summed E-state index contributed by atoms with van der Waals surface area (Å²) in [7, 11) is 0. The molecule has 0 aliphatic carbocycles. The Hall–Kier alpha value is -0.180. The summed E-state index contributed by atoms with van der Waals surface area (Å²) in [6.45, 7) is 4.51. The first-order valence-electron chi connectivity index (χ1n) is 10.1. The van der Waals surface area contributed by atoms with Crippen LogP contribution in [0.5, 0.6) is 0 Å². The summed E-state index contributed by atoms with van der Waals surface area (Å²) in [4.78, 5) is 0. The van der Waals surface area contributed by atoms with Crippen molar-refractivity contribution in [1.29, 1.82) is 0 Å². The van der Waals surface area contributed by atoms with Gasteiger partial charge >= 0.3 is 0 Å². The van der Waals surface area contributed by atoms with Crippen LogP contribution in [0.2, 0.25) is 0 Å². The Morgan fingerprint density at radius 2 is 0.913 bits per heavy atom. The molecule has 23 heavy (non-hydrogen) atoms. The van der Waals surface area contributed by atoms with Crippen molar-refractivity contribution < 1.29 is 13.5 Å². The second-order valence-electron chi connectivity index (χ2n) is 6.84. The van der Waals surface area contributed by atoms with Gasteiger partial charge in [-0.2, -0.15) is 0 Å². The van der Waals surface area contributed by atoms with Crippen LogP contribution in [0.1, 0.15) is 104 Å². The minimum absolute atomic E-state index is 0.0614. The second kappa shape index (κ2) is 18.2. The molecule has 0 spiro atoms. The van der Waals surface area contributed by atoms with E-state index in [4.69, 9.17) is 4.74 Å². The fraction of sp³-hybridized carbons (Fsp3) is 1.00. The van der Waals surface area contributed by atoms with Gasteiger partial charge in [0, 0.05) is 0 Å². The fourth-order valence-corrected chi connectivity index (χ4v) is 2.78. The number of hydrogen-bond donors (Lipinski definition) is 0. The summed E-state index contributed by atoms with van der Waals surface area (Å²) in [5.74, 6) is 0. The molecule has 0 amide bonds. The molecule has 3 heteroatoms. The Morgan fingerprint density at radius 3 is 1.30 bits per heavy atom. The zero-order chi connectivity index (χ0) is 17.2. The van der Waals surface area contributed by atoms with Crippen molar-refractivity contribution in [3.63, 3.8) is 0 Å². The van der Waals surface area contributed by atoms with E-state index in [0.717, 1.165) is 25.7 Å². The van der Waals surface area contributed by atoms with E-state index in [2.05, 4.69) is 13.8 Å². The van der Waals surface area contributed by atoms with Crippen LogP contribution in [0.15, 0.2) is 0 Å². The highest BCUT2D eigenvalue weighted by molar-refractivity contribution is 4.59. The standard InChI is InChI=1S/C20H40F2O/c1-3-5-7-9-11-13-15-19(21)17-23-18-20(22)16-14-12-10-8-6-4-2/h19-20H,3-18H2,1-2H3. The van der Waals surface area contributed by atoms with Crippen LogP contribution in [0, 0.1) is 0 Å². The van der Waals surface area contributed by atoms with Crippen LogP contribution < -0.4 is 0 Å². The third-order valence-electron chi connectivity index (χ3n) is 4.34. The molecule has 0 rings (SSSR count). The molecule has 0 aliphatic rings. The summed E-state index contributed by atoms with van der Waals surface area (Å²) in [5, 5.41) is 0. The predicted octanol–water partition coefficient (Wildman–Crippen LogP) is 7.18. The van der Waals surface area contributed by atoms with Crippen molar-refractivity contribution in [2.45, 2.75) is 116 Å². The minimum Gasteiger partial charge on any atom is -0.375 e. The molecule has 0 heterocycles. The van der Waals surface area contributed by atoms with Gasteiger partial charge < -0.3 is 4.74 Å². The Bertz CT molecular complexity index is 202. The first kappa shape index (κ1) is 22.8. The zero-order valence-electron chi connectivity index (χ0n) is 15.6. The van der Waals surface area contributed by atoms with Crippen molar-refractivity contribution in [3.05, 3.63) is 0 Å². The van der Waals surface area contributed by atoms with Gasteiger partial charge in [0.2, 0.25) is 0 Å². The van der Waals surface area contributed by atoms with Crippen molar-refractivity contribution in [2.24, 2.45) is 0 Å². The van der Waals surface area contributed by atoms with Crippen LogP contribution >= 0.6 is 0 Å². The molecule has 0 saturated heterocycles. The Labute approximate surface area is 143 Å². The first-order chi connectivity index (χ1) is 11.2. The maximum absolute atomic E-state index is 13.6. The molecule has 0 aromatic heterocycles. The summed E-state index contributed by atoms with van der Waals surface area (Å²) >= 11 is 0.